The molecule has 0 N–H and O–H groups in total. The summed E-state index contributed by atoms with van der Waals surface area (Å²) in [5.74, 6) is 3.57. The maximum Gasteiger partial charge on any atom is 0.165 e. The van der Waals surface area contributed by atoms with Crippen molar-refractivity contribution in [1.29, 1.82) is 0 Å². The number of nitrogens with zero attached hydrogens (tertiary/aromatic N) is 1. The zero-order valence-corrected chi connectivity index (χ0v) is 19.4. The van der Waals surface area contributed by atoms with Crippen molar-refractivity contribution in [2.24, 2.45) is 34.5 Å². The number of carbonyl (C=O) groups is 1. The van der Waals surface area contributed by atoms with Crippen molar-refractivity contribution in [2.75, 3.05) is 19.0 Å². The number of ketones is 1. The first-order valence-electron chi connectivity index (χ1n) is 12.4. The van der Waals surface area contributed by atoms with E-state index in [9.17, 15) is 4.79 Å². The molecule has 4 aliphatic rings. The van der Waals surface area contributed by atoms with Gasteiger partial charge in [-0.25, -0.2) is 0 Å². The van der Waals surface area contributed by atoms with E-state index in [0.29, 0.717) is 17.1 Å². The van der Waals surface area contributed by atoms with Gasteiger partial charge in [0.1, 0.15) is 0 Å². The summed E-state index contributed by atoms with van der Waals surface area (Å²) in [7, 11) is 4.13. The molecular weight excluding hydrogens is 366 g/mol. The first-order valence-corrected chi connectivity index (χ1v) is 12.4. The van der Waals surface area contributed by atoms with Crippen molar-refractivity contribution in [1.82, 2.24) is 0 Å². The molecule has 162 valence electrons. The maximum atomic E-state index is 13.6. The monoisotopic (exact) mass is 405 g/mol. The summed E-state index contributed by atoms with van der Waals surface area (Å²) in [6.07, 6.45) is 14.1. The summed E-state index contributed by atoms with van der Waals surface area (Å²) in [4.78, 5) is 15.7. The summed E-state index contributed by atoms with van der Waals surface area (Å²) in [6.45, 7) is 4.93. The fraction of sp³-hybridized carbons (Fsp3) is 0.679. The normalized spacial score (nSPS) is 41.9. The lowest BCUT2D eigenvalue weighted by Gasteiger charge is -2.59. The van der Waals surface area contributed by atoms with Crippen LogP contribution in [0.5, 0.6) is 0 Å². The van der Waals surface area contributed by atoms with Gasteiger partial charge in [0, 0.05) is 25.2 Å². The van der Waals surface area contributed by atoms with Crippen LogP contribution < -0.4 is 4.90 Å². The molecule has 6 atom stereocenters. The third-order valence-corrected chi connectivity index (χ3v) is 9.97. The van der Waals surface area contributed by atoms with Gasteiger partial charge < -0.3 is 4.90 Å². The van der Waals surface area contributed by atoms with Crippen LogP contribution in [0, 0.1) is 34.5 Å². The molecule has 0 saturated heterocycles. The molecule has 2 nitrogen and oxygen atoms in total. The van der Waals surface area contributed by atoms with Crippen LogP contribution >= 0.6 is 0 Å². The second kappa shape index (κ2) is 7.24. The molecule has 1 aromatic rings. The van der Waals surface area contributed by atoms with Gasteiger partial charge in [0.05, 0.1) is 0 Å². The van der Waals surface area contributed by atoms with E-state index in [1.54, 1.807) is 0 Å². The number of hydrogen-bond acceptors (Lipinski definition) is 2. The highest BCUT2D eigenvalue weighted by Crippen LogP contribution is 2.66. The van der Waals surface area contributed by atoms with Gasteiger partial charge >= 0.3 is 0 Å². The third-order valence-electron chi connectivity index (χ3n) is 9.97. The Morgan fingerprint density at radius 3 is 2.43 bits per heavy atom. The molecule has 0 spiro atoms. The van der Waals surface area contributed by atoms with E-state index >= 15 is 0 Å². The van der Waals surface area contributed by atoms with E-state index < -0.39 is 0 Å². The molecule has 1 aromatic carbocycles. The molecular formula is C28H39NO. The molecule has 2 heteroatoms. The van der Waals surface area contributed by atoms with Gasteiger partial charge in [0.25, 0.3) is 0 Å². The summed E-state index contributed by atoms with van der Waals surface area (Å²) < 4.78 is 0. The van der Waals surface area contributed by atoms with E-state index in [1.807, 2.05) is 0 Å². The molecule has 5 rings (SSSR count). The van der Waals surface area contributed by atoms with Crippen molar-refractivity contribution in [3.63, 3.8) is 0 Å². The number of fused-ring (bicyclic) bond motifs is 5. The summed E-state index contributed by atoms with van der Waals surface area (Å²) >= 11 is 0. The Kier molecular flexibility index (Phi) is 4.91. The Labute approximate surface area is 183 Å². The largest absolute Gasteiger partial charge is 0.378 e. The quantitative estimate of drug-likeness (QED) is 0.507. The lowest BCUT2D eigenvalue weighted by atomic mass is 9.45. The molecule has 0 unspecified atom stereocenters. The minimum Gasteiger partial charge on any atom is -0.378 e. The van der Waals surface area contributed by atoms with Crippen molar-refractivity contribution < 1.29 is 4.79 Å². The fourth-order valence-corrected chi connectivity index (χ4v) is 8.16. The number of allylic oxidation sites excluding steroid dienone is 1. The van der Waals surface area contributed by atoms with Crippen LogP contribution in [0.1, 0.15) is 77.2 Å². The number of hydrogen-bond donors (Lipinski definition) is 0. The van der Waals surface area contributed by atoms with Crippen LogP contribution in [0.3, 0.4) is 0 Å². The minimum atomic E-state index is -0.117. The topological polar surface area (TPSA) is 20.3 Å². The highest BCUT2D eigenvalue weighted by atomic mass is 16.1. The lowest BCUT2D eigenvalue weighted by Crippen LogP contribution is -2.52. The molecule has 4 saturated carbocycles. The van der Waals surface area contributed by atoms with Crippen LogP contribution in [0.4, 0.5) is 5.69 Å². The molecule has 0 aromatic heterocycles. The van der Waals surface area contributed by atoms with Gasteiger partial charge in [-0.05, 0) is 103 Å². The van der Waals surface area contributed by atoms with Gasteiger partial charge in [-0.2, -0.15) is 0 Å². The highest BCUT2D eigenvalue weighted by Gasteiger charge is 2.60. The second-order valence-electron chi connectivity index (χ2n) is 11.5. The maximum absolute atomic E-state index is 13.6. The van der Waals surface area contributed by atoms with Crippen LogP contribution in [-0.2, 0) is 4.79 Å². The Hall–Kier alpha value is -1.57. The van der Waals surface area contributed by atoms with E-state index in [0.717, 1.165) is 36.2 Å². The van der Waals surface area contributed by atoms with E-state index in [2.05, 4.69) is 63.2 Å². The molecule has 0 aliphatic heterocycles. The SMILES string of the molecule is CN(C)c1ccc(/C=C2/C[C@@H]3[C@H]4CC[C@H]5CCCC[C@]5(C)[C@@H]4CC[C@]3(C)C2=O)cc1. The van der Waals surface area contributed by atoms with Crippen LogP contribution in [0.15, 0.2) is 29.8 Å². The number of benzene rings is 1. The van der Waals surface area contributed by atoms with Crippen molar-refractivity contribution in [3.8, 4) is 0 Å². The van der Waals surface area contributed by atoms with Crippen LogP contribution in [0.25, 0.3) is 6.08 Å². The fourth-order valence-electron chi connectivity index (χ4n) is 8.16. The lowest BCUT2D eigenvalue weighted by molar-refractivity contribution is -0.137. The second-order valence-corrected chi connectivity index (χ2v) is 11.5. The molecule has 0 radical (unpaired) electrons. The average Bonchev–Trinajstić information content (AvgIpc) is 2.98. The highest BCUT2D eigenvalue weighted by molar-refractivity contribution is 6.06. The van der Waals surface area contributed by atoms with Crippen molar-refractivity contribution in [3.05, 3.63) is 35.4 Å². The van der Waals surface area contributed by atoms with Gasteiger partial charge in [-0.3, -0.25) is 4.79 Å². The first-order chi connectivity index (χ1) is 14.3. The zero-order valence-electron chi connectivity index (χ0n) is 19.4. The third kappa shape index (κ3) is 3.00. The van der Waals surface area contributed by atoms with Crippen LogP contribution in [0.2, 0.25) is 0 Å². The Morgan fingerprint density at radius 1 is 0.933 bits per heavy atom. The number of anilines is 1. The molecule has 0 amide bonds. The van der Waals surface area contributed by atoms with Crippen molar-refractivity contribution in [2.45, 2.75) is 71.6 Å². The predicted molar refractivity (Wildman–Crippen MR) is 125 cm³/mol. The zero-order chi connectivity index (χ0) is 21.1. The number of Topliss-reactive ketones (excluding diaryl/α,β-unsaturated/α-hetero) is 1. The van der Waals surface area contributed by atoms with Crippen LogP contribution in [-0.4, -0.2) is 19.9 Å². The molecule has 0 bridgehead atoms. The predicted octanol–water partition coefficient (Wildman–Crippen LogP) is 6.75. The molecule has 0 heterocycles. The summed E-state index contributed by atoms with van der Waals surface area (Å²) in [5, 5.41) is 0. The summed E-state index contributed by atoms with van der Waals surface area (Å²) in [6, 6.07) is 8.64. The van der Waals surface area contributed by atoms with E-state index in [-0.39, 0.29) is 5.41 Å². The van der Waals surface area contributed by atoms with E-state index in [1.165, 1.54) is 56.2 Å². The van der Waals surface area contributed by atoms with Gasteiger partial charge in [0.15, 0.2) is 5.78 Å². The molecule has 4 aliphatic carbocycles. The Balaban J connectivity index is 1.42. The number of carbonyl (C=O) groups excluding carboxylic acids is 1. The van der Waals surface area contributed by atoms with E-state index in [4.69, 9.17) is 0 Å². The smallest absolute Gasteiger partial charge is 0.165 e. The average molecular weight is 406 g/mol. The minimum absolute atomic E-state index is 0.117. The van der Waals surface area contributed by atoms with Gasteiger partial charge in [-0.15, -0.1) is 0 Å². The number of rotatable bonds is 2. The van der Waals surface area contributed by atoms with Gasteiger partial charge in [-0.1, -0.05) is 38.8 Å². The molecule has 30 heavy (non-hydrogen) atoms. The Morgan fingerprint density at radius 2 is 1.70 bits per heavy atom. The molecule has 4 fully saturated rings. The van der Waals surface area contributed by atoms with Crippen molar-refractivity contribution >= 4 is 17.5 Å². The standard InChI is InChI=1S/C28H39NO/c1-27-15-6-5-7-21(27)10-13-23-24(27)14-16-28(2)25(23)18-20(26(28)30)17-19-8-11-22(12-9-19)29(3)4/h8-9,11-12,17,21,23-25H,5-7,10,13-16,18H2,1-4H3/b20-17-/t21-,23+,24-,25-,27+,28+/m1/s1. The van der Waals surface area contributed by atoms with Gasteiger partial charge in [0.2, 0.25) is 0 Å². The summed E-state index contributed by atoms with van der Waals surface area (Å²) in [5.41, 5.74) is 3.90. The first kappa shape index (κ1) is 20.3. The Bertz CT molecular complexity index is 852.